The van der Waals surface area contributed by atoms with Crippen molar-refractivity contribution in [1.29, 1.82) is 0 Å². The second kappa shape index (κ2) is 5.02. The first-order valence-corrected chi connectivity index (χ1v) is 6.89. The van der Waals surface area contributed by atoms with E-state index in [0.717, 1.165) is 19.3 Å². The number of carbonyl (C=O) groups excluding carboxylic acids is 2. The van der Waals surface area contributed by atoms with Crippen LogP contribution in [0.4, 0.5) is 4.79 Å². The predicted molar refractivity (Wildman–Crippen MR) is 69.6 cm³/mol. The molecule has 19 heavy (non-hydrogen) atoms. The van der Waals surface area contributed by atoms with Crippen molar-refractivity contribution in [3.8, 4) is 0 Å². The molecular weight excluding hydrogens is 246 g/mol. The van der Waals surface area contributed by atoms with E-state index in [-0.39, 0.29) is 24.0 Å². The Morgan fingerprint density at radius 3 is 2.42 bits per heavy atom. The topological polar surface area (TPSA) is 55.8 Å². The molecule has 0 spiro atoms. The standard InChI is InChI=1S/C14H23NO4/c1-14(2,3)19-13(17)15-8-9-5-6-11(15)10(7-9)12(16)18-4/h9-11H,5-8H2,1-4H3. The molecule has 0 aromatic heterocycles. The molecule has 0 aromatic rings. The molecule has 1 aliphatic carbocycles. The average molecular weight is 269 g/mol. The van der Waals surface area contributed by atoms with E-state index in [0.29, 0.717) is 12.5 Å². The molecule has 0 radical (unpaired) electrons. The Morgan fingerprint density at radius 2 is 1.89 bits per heavy atom. The number of methoxy groups -OCH3 is 1. The van der Waals surface area contributed by atoms with Crippen molar-refractivity contribution >= 4 is 12.1 Å². The van der Waals surface area contributed by atoms with Crippen LogP contribution in [0.1, 0.15) is 40.0 Å². The van der Waals surface area contributed by atoms with E-state index in [1.54, 1.807) is 4.90 Å². The number of hydrogen-bond donors (Lipinski definition) is 0. The molecular formula is C14H23NO4. The summed E-state index contributed by atoms with van der Waals surface area (Å²) in [5, 5.41) is 0. The highest BCUT2D eigenvalue weighted by atomic mass is 16.6. The highest BCUT2D eigenvalue weighted by Crippen LogP contribution is 2.40. The van der Waals surface area contributed by atoms with Gasteiger partial charge in [-0.1, -0.05) is 0 Å². The van der Waals surface area contributed by atoms with E-state index in [9.17, 15) is 9.59 Å². The first-order valence-electron chi connectivity index (χ1n) is 6.89. The normalized spacial score (nSPS) is 30.1. The van der Waals surface area contributed by atoms with Gasteiger partial charge in [0, 0.05) is 12.6 Å². The molecule has 3 rings (SSSR count). The zero-order chi connectivity index (χ0) is 14.2. The number of ether oxygens (including phenoxy) is 2. The SMILES string of the molecule is COC(=O)C1CC2CCC1N(C(=O)OC(C)(C)C)C2. The third-order valence-electron chi connectivity index (χ3n) is 3.91. The Kier molecular flexibility index (Phi) is 3.74. The van der Waals surface area contributed by atoms with Crippen molar-refractivity contribution in [2.75, 3.05) is 13.7 Å². The van der Waals surface area contributed by atoms with E-state index < -0.39 is 5.60 Å². The Hall–Kier alpha value is -1.26. The molecule has 1 amide bonds. The quantitative estimate of drug-likeness (QED) is 0.685. The molecule has 108 valence electrons. The van der Waals surface area contributed by atoms with Crippen LogP contribution in [0.5, 0.6) is 0 Å². The smallest absolute Gasteiger partial charge is 0.410 e. The fraction of sp³-hybridized carbons (Fsp3) is 0.857. The molecule has 1 saturated carbocycles. The highest BCUT2D eigenvalue weighted by Gasteiger charge is 2.47. The van der Waals surface area contributed by atoms with Crippen molar-refractivity contribution in [2.45, 2.75) is 51.7 Å². The molecule has 3 fully saturated rings. The fourth-order valence-corrected chi connectivity index (χ4v) is 3.13. The van der Waals surface area contributed by atoms with Crippen LogP contribution in [0, 0.1) is 11.8 Å². The summed E-state index contributed by atoms with van der Waals surface area (Å²) >= 11 is 0. The predicted octanol–water partition coefficient (Wildman–Crippen LogP) is 2.20. The minimum absolute atomic E-state index is 0.0627. The van der Waals surface area contributed by atoms with Crippen LogP contribution in [0.2, 0.25) is 0 Å². The molecule has 5 nitrogen and oxygen atoms in total. The number of fused-ring (bicyclic) bond motifs is 3. The Labute approximate surface area is 114 Å². The van der Waals surface area contributed by atoms with Crippen LogP contribution in [0.3, 0.4) is 0 Å². The monoisotopic (exact) mass is 269 g/mol. The van der Waals surface area contributed by atoms with Gasteiger partial charge in [0.15, 0.2) is 0 Å². The van der Waals surface area contributed by atoms with Gasteiger partial charge in [0.1, 0.15) is 5.60 Å². The molecule has 3 atom stereocenters. The molecule has 0 N–H and O–H groups in total. The molecule has 2 aliphatic heterocycles. The van der Waals surface area contributed by atoms with Crippen LogP contribution < -0.4 is 0 Å². The number of esters is 1. The van der Waals surface area contributed by atoms with Gasteiger partial charge >= 0.3 is 12.1 Å². The maximum Gasteiger partial charge on any atom is 0.410 e. The summed E-state index contributed by atoms with van der Waals surface area (Å²) in [5.74, 6) is -0.00500. The molecule has 0 aromatic carbocycles. The zero-order valence-corrected chi connectivity index (χ0v) is 12.1. The van der Waals surface area contributed by atoms with Gasteiger partial charge in [-0.15, -0.1) is 0 Å². The number of carbonyl (C=O) groups is 2. The number of nitrogens with zero attached hydrogens (tertiary/aromatic N) is 1. The van der Waals surface area contributed by atoms with E-state index >= 15 is 0 Å². The Bertz CT molecular complexity index is 374. The summed E-state index contributed by atoms with van der Waals surface area (Å²) in [6.07, 6.45) is 2.47. The van der Waals surface area contributed by atoms with Gasteiger partial charge in [-0.2, -0.15) is 0 Å². The molecule has 2 heterocycles. The molecule has 2 saturated heterocycles. The van der Waals surface area contributed by atoms with Gasteiger partial charge in [0.25, 0.3) is 0 Å². The lowest BCUT2D eigenvalue weighted by Gasteiger charge is -2.48. The van der Waals surface area contributed by atoms with Crippen LogP contribution in [0.25, 0.3) is 0 Å². The van der Waals surface area contributed by atoms with Crippen molar-refractivity contribution < 1.29 is 19.1 Å². The lowest BCUT2D eigenvalue weighted by Crippen LogP contribution is -2.58. The van der Waals surface area contributed by atoms with Gasteiger partial charge in [0.2, 0.25) is 0 Å². The minimum atomic E-state index is -0.505. The summed E-state index contributed by atoms with van der Waals surface area (Å²) in [7, 11) is 1.41. The second-order valence-corrected chi connectivity index (χ2v) is 6.51. The largest absolute Gasteiger partial charge is 0.469 e. The van der Waals surface area contributed by atoms with E-state index in [1.165, 1.54) is 7.11 Å². The lowest BCUT2D eigenvalue weighted by molar-refractivity contribution is -0.153. The van der Waals surface area contributed by atoms with E-state index in [2.05, 4.69) is 0 Å². The summed E-state index contributed by atoms with van der Waals surface area (Å²) in [6, 6.07) is -0.0627. The number of rotatable bonds is 1. The molecule has 3 aliphatic rings. The maximum absolute atomic E-state index is 12.2. The van der Waals surface area contributed by atoms with Gasteiger partial charge in [-0.3, -0.25) is 4.79 Å². The number of piperidine rings is 2. The van der Waals surface area contributed by atoms with Crippen molar-refractivity contribution in [1.82, 2.24) is 4.90 Å². The van der Waals surface area contributed by atoms with Crippen molar-refractivity contribution in [3.63, 3.8) is 0 Å². The van der Waals surface area contributed by atoms with Gasteiger partial charge < -0.3 is 14.4 Å². The first-order chi connectivity index (χ1) is 8.81. The van der Waals surface area contributed by atoms with Crippen LogP contribution in [-0.2, 0) is 14.3 Å². The van der Waals surface area contributed by atoms with Crippen molar-refractivity contribution in [2.24, 2.45) is 11.8 Å². The first kappa shape index (κ1) is 14.2. The number of amides is 1. The van der Waals surface area contributed by atoms with Gasteiger partial charge in [0.05, 0.1) is 13.0 Å². The molecule has 3 unspecified atom stereocenters. The van der Waals surface area contributed by atoms with Crippen LogP contribution in [0.15, 0.2) is 0 Å². The van der Waals surface area contributed by atoms with Crippen LogP contribution in [-0.4, -0.2) is 42.3 Å². The lowest BCUT2D eigenvalue weighted by atomic mass is 9.73. The minimum Gasteiger partial charge on any atom is -0.469 e. The van der Waals surface area contributed by atoms with Gasteiger partial charge in [-0.05, 0) is 46.0 Å². The Morgan fingerprint density at radius 1 is 1.21 bits per heavy atom. The highest BCUT2D eigenvalue weighted by molar-refractivity contribution is 5.76. The second-order valence-electron chi connectivity index (χ2n) is 6.51. The average Bonchev–Trinajstić information content (AvgIpc) is 2.36. The third-order valence-corrected chi connectivity index (χ3v) is 3.91. The summed E-state index contributed by atoms with van der Waals surface area (Å²) in [5.41, 5.74) is -0.505. The summed E-state index contributed by atoms with van der Waals surface area (Å²) < 4.78 is 10.3. The van der Waals surface area contributed by atoms with E-state index in [4.69, 9.17) is 9.47 Å². The summed E-state index contributed by atoms with van der Waals surface area (Å²) in [4.78, 5) is 25.7. The zero-order valence-electron chi connectivity index (χ0n) is 12.1. The molecule has 5 heteroatoms. The maximum atomic E-state index is 12.2. The summed E-state index contributed by atoms with van der Waals surface area (Å²) in [6.45, 7) is 6.26. The van der Waals surface area contributed by atoms with Crippen molar-refractivity contribution in [3.05, 3.63) is 0 Å². The Balaban J connectivity index is 2.10. The fourth-order valence-electron chi connectivity index (χ4n) is 3.13. The third kappa shape index (κ3) is 3.01. The van der Waals surface area contributed by atoms with E-state index in [1.807, 2.05) is 20.8 Å². The molecule has 2 bridgehead atoms. The number of hydrogen-bond acceptors (Lipinski definition) is 4. The van der Waals surface area contributed by atoms with Crippen LogP contribution >= 0.6 is 0 Å². The van der Waals surface area contributed by atoms with Gasteiger partial charge in [-0.25, -0.2) is 4.79 Å².